The quantitative estimate of drug-likeness (QED) is 0.198. The normalized spacial score (nSPS) is 28.9. The van der Waals surface area contributed by atoms with E-state index in [-0.39, 0.29) is 16.9 Å². The van der Waals surface area contributed by atoms with E-state index >= 15 is 8.78 Å². The lowest BCUT2D eigenvalue weighted by molar-refractivity contribution is -0.224. The number of unbranched alkanes of at least 4 members (excludes halogenated alkanes) is 2. The van der Waals surface area contributed by atoms with Crippen LogP contribution in [0, 0.1) is 53.0 Å². The summed E-state index contributed by atoms with van der Waals surface area (Å²) in [6.07, 6.45) is 15.3. The van der Waals surface area contributed by atoms with Gasteiger partial charge in [0.05, 0.1) is 5.92 Å². The molecule has 0 heterocycles. The molecule has 0 aromatic heterocycles. The van der Waals surface area contributed by atoms with E-state index in [4.69, 9.17) is 4.74 Å². The predicted molar refractivity (Wildman–Crippen MR) is 158 cm³/mol. The first-order chi connectivity index (χ1) is 20.2. The van der Waals surface area contributed by atoms with Gasteiger partial charge < -0.3 is 4.74 Å². The molecule has 0 N–H and O–H groups in total. The molecule has 2 aromatic carbocycles. The summed E-state index contributed by atoms with van der Waals surface area (Å²) in [4.78, 5) is 0. The van der Waals surface area contributed by atoms with Crippen molar-refractivity contribution in [2.45, 2.75) is 116 Å². The average molecular weight is 591 g/mol. The van der Waals surface area contributed by atoms with Crippen LogP contribution in [0.4, 0.5) is 22.0 Å². The highest BCUT2D eigenvalue weighted by molar-refractivity contribution is 5.65. The van der Waals surface area contributed by atoms with E-state index in [0.717, 1.165) is 48.8 Å². The second-order valence-electron chi connectivity index (χ2n) is 13.5. The van der Waals surface area contributed by atoms with Crippen molar-refractivity contribution in [3.8, 4) is 16.9 Å². The molecule has 3 fully saturated rings. The Morgan fingerprint density at radius 1 is 0.643 bits per heavy atom. The summed E-state index contributed by atoms with van der Waals surface area (Å²) < 4.78 is 76.9. The van der Waals surface area contributed by atoms with Crippen LogP contribution >= 0.6 is 0 Å². The van der Waals surface area contributed by atoms with Crippen LogP contribution in [0.5, 0.6) is 5.75 Å². The van der Waals surface area contributed by atoms with Gasteiger partial charge in [0.15, 0.2) is 11.6 Å². The van der Waals surface area contributed by atoms with Crippen LogP contribution in [-0.2, 0) is 0 Å². The molecule has 0 saturated heterocycles. The Labute approximate surface area is 248 Å². The molecule has 0 unspecified atom stereocenters. The Morgan fingerprint density at radius 3 is 1.76 bits per heavy atom. The molecule has 2 aromatic rings. The van der Waals surface area contributed by atoms with E-state index in [0.29, 0.717) is 24.7 Å². The fourth-order valence-corrected chi connectivity index (χ4v) is 8.34. The minimum Gasteiger partial charge on any atom is -0.432 e. The lowest BCUT2D eigenvalue weighted by Crippen LogP contribution is -2.38. The number of ether oxygens (including phenoxy) is 1. The summed E-state index contributed by atoms with van der Waals surface area (Å²) >= 11 is 0. The number of alkyl halides is 2. The van der Waals surface area contributed by atoms with Crippen LogP contribution in [0.2, 0.25) is 0 Å². The van der Waals surface area contributed by atoms with E-state index in [2.05, 4.69) is 6.92 Å². The summed E-state index contributed by atoms with van der Waals surface area (Å²) in [5.74, 6) is -0.243. The maximum atomic E-state index is 15.2. The summed E-state index contributed by atoms with van der Waals surface area (Å²) in [6, 6.07) is 6.46. The third-order valence-corrected chi connectivity index (χ3v) is 10.9. The lowest BCUT2D eigenvalue weighted by atomic mass is 9.65. The third-order valence-electron chi connectivity index (χ3n) is 10.9. The number of rotatable bonds is 10. The highest BCUT2D eigenvalue weighted by Gasteiger charge is 2.45. The Hall–Kier alpha value is -2.11. The van der Waals surface area contributed by atoms with Gasteiger partial charge in [0.2, 0.25) is 0 Å². The van der Waals surface area contributed by atoms with E-state index in [1.54, 1.807) is 0 Å². The largest absolute Gasteiger partial charge is 0.432 e. The van der Waals surface area contributed by atoms with Gasteiger partial charge >= 0.3 is 6.11 Å². The molecule has 3 saturated carbocycles. The molecule has 42 heavy (non-hydrogen) atoms. The van der Waals surface area contributed by atoms with E-state index < -0.39 is 29.5 Å². The number of hydrogen-bond acceptors (Lipinski definition) is 1. The van der Waals surface area contributed by atoms with Crippen molar-refractivity contribution >= 4 is 0 Å². The fourth-order valence-electron chi connectivity index (χ4n) is 8.34. The van der Waals surface area contributed by atoms with Crippen LogP contribution in [0.3, 0.4) is 0 Å². The minimum atomic E-state index is -3.39. The zero-order valence-electron chi connectivity index (χ0n) is 25.0. The van der Waals surface area contributed by atoms with Crippen LogP contribution in [0.25, 0.3) is 11.1 Å². The molecule has 5 rings (SSSR count). The smallest absolute Gasteiger partial charge is 0.400 e. The molecule has 232 valence electrons. The second-order valence-corrected chi connectivity index (χ2v) is 13.5. The van der Waals surface area contributed by atoms with Crippen LogP contribution in [0.15, 0.2) is 36.4 Å². The van der Waals surface area contributed by atoms with Gasteiger partial charge in [0.25, 0.3) is 0 Å². The Morgan fingerprint density at radius 2 is 1.21 bits per heavy atom. The zero-order chi connectivity index (χ0) is 29.7. The van der Waals surface area contributed by atoms with Crippen molar-refractivity contribution < 1.29 is 26.7 Å². The molecule has 0 aliphatic heterocycles. The topological polar surface area (TPSA) is 9.23 Å². The lowest BCUT2D eigenvalue weighted by Gasteiger charge is -2.42. The molecule has 0 bridgehead atoms. The highest BCUT2D eigenvalue weighted by Crippen LogP contribution is 2.48. The van der Waals surface area contributed by atoms with Gasteiger partial charge in [-0.3, -0.25) is 0 Å². The van der Waals surface area contributed by atoms with Crippen molar-refractivity contribution in [1.29, 1.82) is 0 Å². The van der Waals surface area contributed by atoms with Gasteiger partial charge in [-0.15, -0.1) is 0 Å². The molecule has 1 nitrogen and oxygen atoms in total. The molecular formula is C36H47F5O. The van der Waals surface area contributed by atoms with Crippen molar-refractivity contribution in [2.75, 3.05) is 0 Å². The molecule has 0 spiro atoms. The molecule has 0 atom stereocenters. The van der Waals surface area contributed by atoms with Gasteiger partial charge in [-0.2, -0.15) is 8.78 Å². The van der Waals surface area contributed by atoms with Crippen molar-refractivity contribution in [3.63, 3.8) is 0 Å². The van der Waals surface area contributed by atoms with Gasteiger partial charge in [-0.25, -0.2) is 13.2 Å². The Balaban J connectivity index is 1.06. The van der Waals surface area contributed by atoms with Crippen LogP contribution in [-0.4, -0.2) is 6.11 Å². The van der Waals surface area contributed by atoms with E-state index in [1.165, 1.54) is 95.2 Å². The molecule has 0 amide bonds. The van der Waals surface area contributed by atoms with Crippen molar-refractivity contribution in [3.05, 3.63) is 53.8 Å². The minimum absolute atomic E-state index is 0.00474. The maximum absolute atomic E-state index is 15.2. The Kier molecular flexibility index (Phi) is 10.5. The van der Waals surface area contributed by atoms with Gasteiger partial charge in [0, 0.05) is 11.6 Å². The average Bonchev–Trinajstić information content (AvgIpc) is 2.99. The summed E-state index contributed by atoms with van der Waals surface area (Å²) in [7, 11) is 0. The number of hydrogen-bond donors (Lipinski definition) is 0. The molecular weight excluding hydrogens is 543 g/mol. The highest BCUT2D eigenvalue weighted by atomic mass is 19.3. The second kappa shape index (κ2) is 14.1. The van der Waals surface area contributed by atoms with Gasteiger partial charge in [0.1, 0.15) is 11.6 Å². The molecule has 6 heteroatoms. The molecule has 3 aliphatic carbocycles. The number of benzene rings is 2. The zero-order valence-corrected chi connectivity index (χ0v) is 25.0. The summed E-state index contributed by atoms with van der Waals surface area (Å²) in [5.41, 5.74) is 0.122. The first-order valence-corrected chi connectivity index (χ1v) is 16.5. The fraction of sp³-hybridized carbons (Fsp3) is 0.667. The van der Waals surface area contributed by atoms with E-state index in [9.17, 15) is 13.2 Å². The van der Waals surface area contributed by atoms with Gasteiger partial charge in [-0.1, -0.05) is 51.5 Å². The summed E-state index contributed by atoms with van der Waals surface area (Å²) in [5, 5.41) is 0. The SMILES string of the molecule is CCCCCC1CCC(C2CCC(C3CCC(C(F)(F)Oc4ccc(-c5ccc(F)c(F)c5)c(F)c4)CC3)CC2)CC1. The summed E-state index contributed by atoms with van der Waals surface area (Å²) in [6.45, 7) is 2.28. The third kappa shape index (κ3) is 7.69. The molecule has 0 radical (unpaired) electrons. The van der Waals surface area contributed by atoms with Crippen molar-refractivity contribution in [2.24, 2.45) is 35.5 Å². The van der Waals surface area contributed by atoms with Crippen molar-refractivity contribution in [1.82, 2.24) is 0 Å². The predicted octanol–water partition coefficient (Wildman–Crippen LogP) is 11.7. The Bertz CT molecular complexity index is 1140. The first kappa shape index (κ1) is 31.3. The monoisotopic (exact) mass is 590 g/mol. The number of halogens is 5. The van der Waals surface area contributed by atoms with E-state index in [1.807, 2.05) is 0 Å². The first-order valence-electron chi connectivity index (χ1n) is 16.5. The van der Waals surface area contributed by atoms with Crippen LogP contribution in [0.1, 0.15) is 110 Å². The maximum Gasteiger partial charge on any atom is 0.400 e. The van der Waals surface area contributed by atoms with Gasteiger partial charge in [-0.05, 0) is 124 Å². The standard InChI is InChI=1S/C36H47F5O/c1-2-3-4-5-24-6-8-25(9-7-24)26-10-12-27(13-11-26)28-14-17-30(18-15-28)36(40,41)42-31-19-20-32(34(38)23-31)29-16-21-33(37)35(39)22-29/h16,19-28,30H,2-15,17-18H2,1H3. The van der Waals surface area contributed by atoms with Crippen LogP contribution < -0.4 is 4.74 Å². The molecule has 3 aliphatic rings.